The highest BCUT2D eigenvalue weighted by atomic mass is 16.2. The first-order valence-corrected chi connectivity index (χ1v) is 5.18. The minimum atomic E-state index is 0.0739. The Morgan fingerprint density at radius 2 is 2.15 bits per heavy atom. The van der Waals surface area contributed by atoms with Gasteiger partial charge in [-0.25, -0.2) is 4.79 Å². The van der Waals surface area contributed by atoms with E-state index in [1.807, 2.05) is 4.90 Å². The summed E-state index contributed by atoms with van der Waals surface area (Å²) in [5.74, 6) is 0.733. The van der Waals surface area contributed by atoms with E-state index >= 15 is 0 Å². The Labute approximate surface area is 79.5 Å². The van der Waals surface area contributed by atoms with Crippen molar-refractivity contribution in [2.45, 2.75) is 38.6 Å². The minimum Gasteiger partial charge on any atom is -0.338 e. The van der Waals surface area contributed by atoms with E-state index in [4.69, 9.17) is 0 Å². The molecule has 0 aromatic heterocycles. The van der Waals surface area contributed by atoms with Crippen molar-refractivity contribution in [2.24, 2.45) is 5.92 Å². The largest absolute Gasteiger partial charge is 0.338 e. The Kier molecular flexibility index (Phi) is 1.97. The second-order valence-corrected chi connectivity index (χ2v) is 4.67. The summed E-state index contributed by atoms with van der Waals surface area (Å²) >= 11 is 0. The monoisotopic (exact) mass is 182 g/mol. The van der Waals surface area contributed by atoms with Crippen LogP contribution in [0.15, 0.2) is 0 Å². The lowest BCUT2D eigenvalue weighted by molar-refractivity contribution is 0.107. The van der Waals surface area contributed by atoms with Gasteiger partial charge in [0.25, 0.3) is 0 Å². The number of amides is 2. The Morgan fingerprint density at radius 3 is 2.69 bits per heavy atom. The van der Waals surface area contributed by atoms with Gasteiger partial charge in [0, 0.05) is 18.6 Å². The molecule has 2 aliphatic rings. The molecule has 0 radical (unpaired) electrons. The fourth-order valence-corrected chi connectivity index (χ4v) is 2.19. The van der Waals surface area contributed by atoms with Gasteiger partial charge in [-0.2, -0.15) is 0 Å². The first-order valence-electron chi connectivity index (χ1n) is 5.18. The van der Waals surface area contributed by atoms with Crippen molar-refractivity contribution < 1.29 is 4.79 Å². The van der Waals surface area contributed by atoms with E-state index in [2.05, 4.69) is 19.2 Å². The average molecular weight is 182 g/mol. The molecule has 2 rings (SSSR count). The van der Waals surface area contributed by atoms with E-state index in [1.165, 1.54) is 12.8 Å². The van der Waals surface area contributed by atoms with Crippen molar-refractivity contribution in [1.29, 1.82) is 0 Å². The molecular weight excluding hydrogens is 164 g/mol. The number of carbonyl (C=O) groups is 1. The zero-order valence-electron chi connectivity index (χ0n) is 8.47. The molecule has 13 heavy (non-hydrogen) atoms. The van der Waals surface area contributed by atoms with Gasteiger partial charge in [0.1, 0.15) is 0 Å². The molecule has 1 aliphatic carbocycles. The van der Waals surface area contributed by atoms with Gasteiger partial charge >= 0.3 is 6.03 Å². The van der Waals surface area contributed by atoms with Crippen molar-refractivity contribution in [3.63, 3.8) is 0 Å². The van der Waals surface area contributed by atoms with Gasteiger partial charge in [-0.15, -0.1) is 0 Å². The van der Waals surface area contributed by atoms with Crippen molar-refractivity contribution in [2.75, 3.05) is 13.1 Å². The van der Waals surface area contributed by atoms with Gasteiger partial charge in [-0.3, -0.25) is 0 Å². The SMILES string of the molecule is CC(C)(C1CC1)N1CCCNC1=O. The maximum Gasteiger partial charge on any atom is 0.317 e. The van der Waals surface area contributed by atoms with E-state index in [1.54, 1.807) is 0 Å². The summed E-state index contributed by atoms with van der Waals surface area (Å²) in [5, 5.41) is 2.91. The van der Waals surface area contributed by atoms with Crippen LogP contribution in [0.2, 0.25) is 0 Å². The molecule has 0 spiro atoms. The molecular formula is C10H18N2O. The van der Waals surface area contributed by atoms with Gasteiger partial charge in [-0.1, -0.05) is 0 Å². The smallest absolute Gasteiger partial charge is 0.317 e. The topological polar surface area (TPSA) is 32.3 Å². The van der Waals surface area contributed by atoms with E-state index in [9.17, 15) is 4.79 Å². The van der Waals surface area contributed by atoms with Crippen LogP contribution in [0.5, 0.6) is 0 Å². The first kappa shape index (κ1) is 8.85. The summed E-state index contributed by atoms with van der Waals surface area (Å²) in [6, 6.07) is 0.128. The van der Waals surface area contributed by atoms with Gasteiger partial charge in [0.2, 0.25) is 0 Å². The molecule has 3 nitrogen and oxygen atoms in total. The predicted octanol–water partition coefficient (Wildman–Crippen LogP) is 1.59. The van der Waals surface area contributed by atoms with Crippen molar-refractivity contribution in [3.05, 3.63) is 0 Å². The Balaban J connectivity index is 2.08. The van der Waals surface area contributed by atoms with Crippen molar-refractivity contribution >= 4 is 6.03 Å². The number of nitrogens with zero attached hydrogens (tertiary/aromatic N) is 1. The van der Waals surface area contributed by atoms with Crippen LogP contribution in [0.1, 0.15) is 33.1 Å². The number of urea groups is 1. The Hall–Kier alpha value is -0.730. The normalized spacial score (nSPS) is 24.5. The van der Waals surface area contributed by atoms with E-state index < -0.39 is 0 Å². The molecule has 3 heteroatoms. The summed E-state index contributed by atoms with van der Waals surface area (Å²) in [4.78, 5) is 13.6. The van der Waals surface area contributed by atoms with E-state index in [0.29, 0.717) is 0 Å². The van der Waals surface area contributed by atoms with Crippen molar-refractivity contribution in [3.8, 4) is 0 Å². The molecule has 1 heterocycles. The maximum absolute atomic E-state index is 11.6. The number of hydrogen-bond donors (Lipinski definition) is 1. The molecule has 0 aromatic rings. The van der Waals surface area contributed by atoms with Crippen LogP contribution in [-0.4, -0.2) is 29.6 Å². The van der Waals surface area contributed by atoms with Crippen LogP contribution >= 0.6 is 0 Å². The minimum absolute atomic E-state index is 0.0739. The highest BCUT2D eigenvalue weighted by Gasteiger charge is 2.44. The van der Waals surface area contributed by atoms with Crippen LogP contribution in [-0.2, 0) is 0 Å². The number of nitrogens with one attached hydrogen (secondary N) is 1. The highest BCUT2D eigenvalue weighted by Crippen LogP contribution is 2.43. The van der Waals surface area contributed by atoms with Gasteiger partial charge in [0.05, 0.1) is 0 Å². The lowest BCUT2D eigenvalue weighted by Crippen LogP contribution is -2.56. The first-order chi connectivity index (χ1) is 6.12. The lowest BCUT2D eigenvalue weighted by atomic mass is 9.95. The molecule has 2 amide bonds. The van der Waals surface area contributed by atoms with Crippen molar-refractivity contribution in [1.82, 2.24) is 10.2 Å². The highest BCUT2D eigenvalue weighted by molar-refractivity contribution is 5.75. The van der Waals surface area contributed by atoms with E-state index in [-0.39, 0.29) is 11.6 Å². The van der Waals surface area contributed by atoms with Crippen LogP contribution < -0.4 is 5.32 Å². The Bertz CT molecular complexity index is 221. The molecule has 1 saturated carbocycles. The molecule has 74 valence electrons. The summed E-state index contributed by atoms with van der Waals surface area (Å²) in [5.41, 5.74) is 0.0739. The number of hydrogen-bond acceptors (Lipinski definition) is 1. The fraction of sp³-hybridized carbons (Fsp3) is 0.900. The van der Waals surface area contributed by atoms with E-state index in [0.717, 1.165) is 25.4 Å². The zero-order chi connectivity index (χ0) is 9.47. The average Bonchev–Trinajstić information content (AvgIpc) is 2.86. The molecule has 1 aliphatic heterocycles. The summed E-state index contributed by atoms with van der Waals surface area (Å²) < 4.78 is 0. The predicted molar refractivity (Wildman–Crippen MR) is 51.5 cm³/mol. The third-order valence-electron chi connectivity index (χ3n) is 3.35. The molecule has 0 unspecified atom stereocenters. The number of rotatable bonds is 2. The maximum atomic E-state index is 11.6. The standard InChI is InChI=1S/C10H18N2O/c1-10(2,8-4-5-8)12-7-3-6-11-9(12)13/h8H,3-7H2,1-2H3,(H,11,13). The molecule has 0 aromatic carbocycles. The third kappa shape index (κ3) is 1.52. The third-order valence-corrected chi connectivity index (χ3v) is 3.35. The van der Waals surface area contributed by atoms with Crippen LogP contribution in [0, 0.1) is 5.92 Å². The number of carbonyl (C=O) groups excluding carboxylic acids is 1. The molecule has 1 saturated heterocycles. The van der Waals surface area contributed by atoms with Gasteiger partial charge in [0.15, 0.2) is 0 Å². The molecule has 0 bridgehead atoms. The fourth-order valence-electron chi connectivity index (χ4n) is 2.19. The summed E-state index contributed by atoms with van der Waals surface area (Å²) in [6.07, 6.45) is 3.66. The summed E-state index contributed by atoms with van der Waals surface area (Å²) in [7, 11) is 0. The second-order valence-electron chi connectivity index (χ2n) is 4.67. The quantitative estimate of drug-likeness (QED) is 0.691. The summed E-state index contributed by atoms with van der Waals surface area (Å²) in [6.45, 7) is 6.15. The van der Waals surface area contributed by atoms with Gasteiger partial charge < -0.3 is 10.2 Å². The molecule has 0 atom stereocenters. The zero-order valence-corrected chi connectivity index (χ0v) is 8.47. The van der Waals surface area contributed by atoms with Crippen LogP contribution in [0.25, 0.3) is 0 Å². The van der Waals surface area contributed by atoms with Crippen LogP contribution in [0.4, 0.5) is 4.79 Å². The lowest BCUT2D eigenvalue weighted by Gasteiger charge is -2.41. The second kappa shape index (κ2) is 2.89. The van der Waals surface area contributed by atoms with Crippen LogP contribution in [0.3, 0.4) is 0 Å². The van der Waals surface area contributed by atoms with Gasteiger partial charge in [-0.05, 0) is 39.0 Å². The molecule has 1 N–H and O–H groups in total. The molecule has 2 fully saturated rings. The Morgan fingerprint density at radius 1 is 1.46 bits per heavy atom.